The molecule has 2 heterocycles. The lowest BCUT2D eigenvalue weighted by Gasteiger charge is -2.23. The van der Waals surface area contributed by atoms with Gasteiger partial charge in [0.15, 0.2) is 0 Å². The third-order valence-electron chi connectivity index (χ3n) is 3.10. The zero-order chi connectivity index (χ0) is 11.6. The van der Waals surface area contributed by atoms with E-state index in [4.69, 9.17) is 5.73 Å². The molecule has 0 aliphatic heterocycles. The highest BCUT2D eigenvalue weighted by atomic mass is 32.1. The summed E-state index contributed by atoms with van der Waals surface area (Å²) >= 11 is 1.70. The summed E-state index contributed by atoms with van der Waals surface area (Å²) < 4.78 is 0. The highest BCUT2D eigenvalue weighted by Crippen LogP contribution is 2.27. The second kappa shape index (κ2) is 4.39. The van der Waals surface area contributed by atoms with Crippen LogP contribution >= 0.6 is 11.3 Å². The Balaban J connectivity index is 2.33. The van der Waals surface area contributed by atoms with Crippen LogP contribution in [0.5, 0.6) is 0 Å². The molecule has 3 N–H and O–H groups in total. The lowest BCUT2D eigenvalue weighted by atomic mass is 9.93. The molecule has 0 aromatic carbocycles. The van der Waals surface area contributed by atoms with Crippen LogP contribution in [0.2, 0.25) is 0 Å². The number of thiophene rings is 1. The van der Waals surface area contributed by atoms with Crippen molar-refractivity contribution in [2.45, 2.75) is 32.2 Å². The van der Waals surface area contributed by atoms with E-state index in [0.717, 1.165) is 24.4 Å². The maximum atomic E-state index is 6.29. The highest BCUT2D eigenvalue weighted by Gasteiger charge is 2.26. The quantitative estimate of drug-likeness (QED) is 0.855. The molecule has 0 amide bonds. The number of nitrogens with one attached hydrogen (secondary N) is 1. The molecule has 0 aliphatic carbocycles. The van der Waals surface area contributed by atoms with E-state index >= 15 is 0 Å². The molecule has 0 saturated heterocycles. The first-order valence-electron chi connectivity index (χ1n) is 5.58. The van der Waals surface area contributed by atoms with Gasteiger partial charge in [-0.2, -0.15) is 0 Å². The number of imidazole rings is 1. The van der Waals surface area contributed by atoms with E-state index in [0.29, 0.717) is 0 Å². The smallest absolute Gasteiger partial charge is 0.126 e. The number of nitrogens with zero attached hydrogens (tertiary/aromatic N) is 1. The Morgan fingerprint density at radius 2 is 2.19 bits per heavy atom. The third kappa shape index (κ3) is 1.90. The first-order valence-corrected chi connectivity index (χ1v) is 6.46. The summed E-state index contributed by atoms with van der Waals surface area (Å²) in [6.07, 6.45) is 3.65. The van der Waals surface area contributed by atoms with E-state index in [1.165, 1.54) is 4.88 Å². The van der Waals surface area contributed by atoms with Crippen LogP contribution in [0.15, 0.2) is 23.7 Å². The van der Waals surface area contributed by atoms with Crippen LogP contribution in [0.1, 0.15) is 32.5 Å². The van der Waals surface area contributed by atoms with Crippen molar-refractivity contribution in [3.05, 3.63) is 29.5 Å². The van der Waals surface area contributed by atoms with Crippen molar-refractivity contribution < 1.29 is 0 Å². The molecular weight excluding hydrogens is 218 g/mol. The summed E-state index contributed by atoms with van der Waals surface area (Å²) in [4.78, 5) is 8.95. The zero-order valence-electron chi connectivity index (χ0n) is 9.66. The number of aromatic amines is 1. The van der Waals surface area contributed by atoms with Crippen molar-refractivity contribution in [3.63, 3.8) is 0 Å². The molecule has 16 heavy (non-hydrogen) atoms. The van der Waals surface area contributed by atoms with Crippen LogP contribution < -0.4 is 5.73 Å². The number of nitrogens with two attached hydrogens (primary N) is 1. The van der Waals surface area contributed by atoms with Gasteiger partial charge >= 0.3 is 0 Å². The molecule has 2 aromatic heterocycles. The maximum Gasteiger partial charge on any atom is 0.126 e. The Morgan fingerprint density at radius 3 is 2.75 bits per heavy atom. The van der Waals surface area contributed by atoms with E-state index in [1.807, 2.05) is 12.3 Å². The summed E-state index contributed by atoms with van der Waals surface area (Å²) in [7, 11) is 0. The lowest BCUT2D eigenvalue weighted by molar-refractivity contribution is 0.391. The van der Waals surface area contributed by atoms with Crippen LogP contribution in [-0.2, 0) is 5.54 Å². The van der Waals surface area contributed by atoms with Crippen molar-refractivity contribution in [3.8, 4) is 10.6 Å². The van der Waals surface area contributed by atoms with Gasteiger partial charge in [-0.1, -0.05) is 19.9 Å². The summed E-state index contributed by atoms with van der Waals surface area (Å²) in [5, 5.41) is 2.06. The summed E-state index contributed by atoms with van der Waals surface area (Å²) in [5.41, 5.74) is 7.03. The SMILES string of the molecule is CCC(N)(CC)c1ncc(-c2cccs2)[nH]1. The number of hydrogen-bond acceptors (Lipinski definition) is 3. The van der Waals surface area contributed by atoms with Crippen LogP contribution in [0.25, 0.3) is 10.6 Å². The van der Waals surface area contributed by atoms with Gasteiger partial charge in [-0.3, -0.25) is 0 Å². The van der Waals surface area contributed by atoms with Gasteiger partial charge in [0.05, 0.1) is 22.3 Å². The topological polar surface area (TPSA) is 54.7 Å². The van der Waals surface area contributed by atoms with Gasteiger partial charge in [-0.25, -0.2) is 4.98 Å². The average molecular weight is 235 g/mol. The molecule has 3 nitrogen and oxygen atoms in total. The predicted octanol–water partition coefficient (Wildman–Crippen LogP) is 3.11. The second-order valence-corrected chi connectivity index (χ2v) is 4.93. The van der Waals surface area contributed by atoms with Gasteiger partial charge in [0.25, 0.3) is 0 Å². The summed E-state index contributed by atoms with van der Waals surface area (Å²) in [5.74, 6) is 0.890. The van der Waals surface area contributed by atoms with Gasteiger partial charge in [0, 0.05) is 0 Å². The number of H-pyrrole nitrogens is 1. The average Bonchev–Trinajstić information content (AvgIpc) is 2.97. The van der Waals surface area contributed by atoms with Crippen molar-refractivity contribution in [1.29, 1.82) is 0 Å². The molecule has 0 aliphatic rings. The lowest BCUT2D eigenvalue weighted by Crippen LogP contribution is -2.36. The van der Waals surface area contributed by atoms with Crippen LogP contribution in [0, 0.1) is 0 Å². The molecule has 0 bridgehead atoms. The largest absolute Gasteiger partial charge is 0.340 e. The van der Waals surface area contributed by atoms with Crippen LogP contribution in [0.3, 0.4) is 0 Å². The number of aromatic nitrogens is 2. The first-order chi connectivity index (χ1) is 7.69. The Hall–Kier alpha value is -1.13. The van der Waals surface area contributed by atoms with E-state index in [1.54, 1.807) is 11.3 Å². The normalized spacial score (nSPS) is 11.9. The highest BCUT2D eigenvalue weighted by molar-refractivity contribution is 7.13. The second-order valence-electron chi connectivity index (χ2n) is 3.99. The summed E-state index contributed by atoms with van der Waals surface area (Å²) in [6, 6.07) is 4.12. The fourth-order valence-electron chi connectivity index (χ4n) is 1.72. The maximum absolute atomic E-state index is 6.29. The Labute approximate surface area is 99.7 Å². The Bertz CT molecular complexity index is 441. The minimum atomic E-state index is -0.324. The molecule has 0 spiro atoms. The predicted molar refractivity (Wildman–Crippen MR) is 68.3 cm³/mol. The van der Waals surface area contributed by atoms with E-state index in [2.05, 4.69) is 35.3 Å². The summed E-state index contributed by atoms with van der Waals surface area (Å²) in [6.45, 7) is 4.19. The van der Waals surface area contributed by atoms with Crippen molar-refractivity contribution in [2.24, 2.45) is 5.73 Å². The molecule has 0 unspecified atom stereocenters. The minimum Gasteiger partial charge on any atom is -0.340 e. The van der Waals surface area contributed by atoms with Gasteiger partial charge in [0.2, 0.25) is 0 Å². The minimum absolute atomic E-state index is 0.324. The van der Waals surface area contributed by atoms with Gasteiger partial charge in [-0.15, -0.1) is 11.3 Å². The van der Waals surface area contributed by atoms with Crippen LogP contribution in [0.4, 0.5) is 0 Å². The molecule has 4 heteroatoms. The molecule has 0 fully saturated rings. The third-order valence-corrected chi connectivity index (χ3v) is 4.00. The van der Waals surface area contributed by atoms with Gasteiger partial charge in [-0.05, 0) is 24.3 Å². The molecule has 0 radical (unpaired) electrons. The molecule has 86 valence electrons. The molecule has 2 rings (SSSR count). The van der Waals surface area contributed by atoms with E-state index < -0.39 is 0 Å². The molecule has 0 atom stereocenters. The fraction of sp³-hybridized carbons (Fsp3) is 0.417. The monoisotopic (exact) mass is 235 g/mol. The van der Waals surface area contributed by atoms with Gasteiger partial charge < -0.3 is 10.7 Å². The van der Waals surface area contributed by atoms with Crippen molar-refractivity contribution in [1.82, 2.24) is 9.97 Å². The Morgan fingerprint density at radius 1 is 1.44 bits per heavy atom. The molecule has 2 aromatic rings. The van der Waals surface area contributed by atoms with E-state index in [-0.39, 0.29) is 5.54 Å². The number of hydrogen-bond donors (Lipinski definition) is 2. The molecular formula is C12H17N3S. The van der Waals surface area contributed by atoms with Crippen molar-refractivity contribution >= 4 is 11.3 Å². The first kappa shape index (κ1) is 11.4. The van der Waals surface area contributed by atoms with Crippen molar-refractivity contribution in [2.75, 3.05) is 0 Å². The fourth-order valence-corrected chi connectivity index (χ4v) is 2.41. The zero-order valence-corrected chi connectivity index (χ0v) is 10.5. The standard InChI is InChI=1S/C12H17N3S/c1-3-12(13,4-2)11-14-8-9(15-11)10-6-5-7-16-10/h5-8H,3-4,13H2,1-2H3,(H,14,15). The number of rotatable bonds is 4. The van der Waals surface area contributed by atoms with E-state index in [9.17, 15) is 0 Å². The molecule has 0 saturated carbocycles. The Kier molecular flexibility index (Phi) is 3.12. The van der Waals surface area contributed by atoms with Crippen LogP contribution in [-0.4, -0.2) is 9.97 Å². The van der Waals surface area contributed by atoms with Gasteiger partial charge in [0.1, 0.15) is 5.82 Å².